The van der Waals surface area contributed by atoms with Crippen molar-refractivity contribution < 1.29 is 14.5 Å². The molecule has 0 unspecified atom stereocenters. The third-order valence-electron chi connectivity index (χ3n) is 3.85. The largest absolute Gasteiger partial charge is 0.302 e. The quantitative estimate of drug-likeness (QED) is 0.383. The number of hydrogen-bond acceptors (Lipinski definition) is 6. The molecule has 0 spiro atoms. The summed E-state index contributed by atoms with van der Waals surface area (Å²) in [5, 5.41) is 15.1. The first-order valence-electron chi connectivity index (χ1n) is 7.82. The summed E-state index contributed by atoms with van der Waals surface area (Å²) in [5.41, 5.74) is 1.08. The third-order valence-corrected chi connectivity index (χ3v) is 3.85. The lowest BCUT2D eigenvalue weighted by Gasteiger charge is -2.07. The molecule has 0 fully saturated rings. The molecule has 2 heterocycles. The highest BCUT2D eigenvalue weighted by Gasteiger charge is 2.22. The molecule has 0 atom stereocenters. The lowest BCUT2D eigenvalue weighted by Crippen LogP contribution is -2.21. The lowest BCUT2D eigenvalue weighted by molar-refractivity contribution is -0.384. The number of Topliss-reactive ketones (excluding diaryl/α,β-unsaturated/α-hetero) is 1. The predicted molar refractivity (Wildman–Crippen MR) is 94.6 cm³/mol. The summed E-state index contributed by atoms with van der Waals surface area (Å²) in [6.45, 7) is 0.193. The standard InChI is InChI=1S/C18H16N4O4/c1-20(2)11-17(23)14-10-16(21-15(14)7-4-8-19-21)18(24)12-5-3-6-13(9-12)22(25)26/h3-10H,11H2,1-2H3. The number of non-ortho nitro benzene ring substituents is 1. The second-order valence-electron chi connectivity index (χ2n) is 6.06. The summed E-state index contributed by atoms with van der Waals surface area (Å²) in [7, 11) is 3.56. The second-order valence-corrected chi connectivity index (χ2v) is 6.06. The number of rotatable bonds is 6. The van der Waals surface area contributed by atoms with E-state index in [9.17, 15) is 19.7 Å². The van der Waals surface area contributed by atoms with E-state index in [1.165, 1.54) is 41.0 Å². The van der Waals surface area contributed by atoms with Gasteiger partial charge in [0.05, 0.1) is 17.0 Å². The third kappa shape index (κ3) is 3.22. The Morgan fingerprint density at radius 3 is 2.65 bits per heavy atom. The zero-order valence-corrected chi connectivity index (χ0v) is 14.2. The smallest absolute Gasteiger partial charge is 0.270 e. The topological polar surface area (TPSA) is 97.8 Å². The van der Waals surface area contributed by atoms with Crippen LogP contribution in [0.1, 0.15) is 26.4 Å². The van der Waals surface area contributed by atoms with E-state index in [2.05, 4.69) is 5.10 Å². The van der Waals surface area contributed by atoms with E-state index >= 15 is 0 Å². The Labute approximate surface area is 148 Å². The molecule has 3 aromatic rings. The molecular weight excluding hydrogens is 336 g/mol. The average molecular weight is 352 g/mol. The van der Waals surface area contributed by atoms with Crippen LogP contribution in [0, 0.1) is 10.1 Å². The Morgan fingerprint density at radius 1 is 1.19 bits per heavy atom. The number of nitro groups is 1. The van der Waals surface area contributed by atoms with E-state index in [-0.39, 0.29) is 29.3 Å². The van der Waals surface area contributed by atoms with Gasteiger partial charge in [0, 0.05) is 29.5 Å². The van der Waals surface area contributed by atoms with Gasteiger partial charge in [-0.25, -0.2) is 4.52 Å². The molecule has 3 rings (SSSR count). The van der Waals surface area contributed by atoms with Gasteiger partial charge < -0.3 is 4.90 Å². The van der Waals surface area contributed by atoms with Gasteiger partial charge in [0.15, 0.2) is 5.78 Å². The Balaban J connectivity index is 2.10. The predicted octanol–water partition coefficient (Wildman–Crippen LogP) is 2.22. The molecule has 0 aliphatic carbocycles. The van der Waals surface area contributed by atoms with Crippen LogP contribution in [0.15, 0.2) is 48.7 Å². The van der Waals surface area contributed by atoms with Gasteiger partial charge in [0.1, 0.15) is 5.69 Å². The zero-order valence-electron chi connectivity index (χ0n) is 14.2. The molecule has 8 nitrogen and oxygen atoms in total. The van der Waals surface area contributed by atoms with Crippen molar-refractivity contribution >= 4 is 22.8 Å². The zero-order chi connectivity index (χ0) is 18.8. The SMILES string of the molecule is CN(C)CC(=O)c1cc(C(=O)c2cccc([N+](=O)[O-])c2)n2ncccc12. The highest BCUT2D eigenvalue weighted by atomic mass is 16.6. The normalized spacial score (nSPS) is 11.0. The Kier molecular flexibility index (Phi) is 4.59. The van der Waals surface area contributed by atoms with Crippen LogP contribution in [0.5, 0.6) is 0 Å². The maximum atomic E-state index is 12.9. The van der Waals surface area contributed by atoms with Crippen LogP contribution < -0.4 is 0 Å². The number of carbonyl (C=O) groups is 2. The first kappa shape index (κ1) is 17.4. The van der Waals surface area contributed by atoms with Crippen LogP contribution in [-0.2, 0) is 0 Å². The summed E-state index contributed by atoms with van der Waals surface area (Å²) in [6, 6.07) is 10.4. The van der Waals surface area contributed by atoms with E-state index in [0.717, 1.165) is 0 Å². The van der Waals surface area contributed by atoms with Crippen molar-refractivity contribution in [1.29, 1.82) is 0 Å². The number of aromatic nitrogens is 2. The van der Waals surface area contributed by atoms with Crippen LogP contribution in [0.25, 0.3) is 5.52 Å². The first-order valence-corrected chi connectivity index (χ1v) is 7.82. The minimum absolute atomic E-state index is 0.140. The summed E-state index contributed by atoms with van der Waals surface area (Å²) >= 11 is 0. The van der Waals surface area contributed by atoms with Crippen molar-refractivity contribution in [1.82, 2.24) is 14.5 Å². The van der Waals surface area contributed by atoms with Gasteiger partial charge in [-0.3, -0.25) is 19.7 Å². The van der Waals surface area contributed by atoms with Crippen molar-refractivity contribution in [3.63, 3.8) is 0 Å². The highest BCUT2D eigenvalue weighted by molar-refractivity contribution is 6.12. The van der Waals surface area contributed by atoms with E-state index < -0.39 is 10.7 Å². The van der Waals surface area contributed by atoms with Crippen molar-refractivity contribution in [2.75, 3.05) is 20.6 Å². The van der Waals surface area contributed by atoms with E-state index in [0.29, 0.717) is 11.1 Å². The second kappa shape index (κ2) is 6.85. The van der Waals surface area contributed by atoms with E-state index in [1.807, 2.05) is 0 Å². The summed E-state index contributed by atoms with van der Waals surface area (Å²) in [5.74, 6) is -0.579. The summed E-state index contributed by atoms with van der Waals surface area (Å²) in [6.07, 6.45) is 1.51. The van der Waals surface area contributed by atoms with Gasteiger partial charge in [-0.2, -0.15) is 5.10 Å². The number of fused-ring (bicyclic) bond motifs is 1. The van der Waals surface area contributed by atoms with Gasteiger partial charge in [0.2, 0.25) is 5.78 Å². The number of ketones is 2. The van der Waals surface area contributed by atoms with Crippen molar-refractivity contribution in [3.8, 4) is 0 Å². The van der Waals surface area contributed by atoms with Gasteiger partial charge in [-0.15, -0.1) is 0 Å². The summed E-state index contributed by atoms with van der Waals surface area (Å²) < 4.78 is 1.39. The Hall–Kier alpha value is -3.39. The molecule has 0 N–H and O–H groups in total. The van der Waals surface area contributed by atoms with Gasteiger partial charge in [0.25, 0.3) is 5.69 Å². The number of nitro benzene ring substituents is 1. The minimum Gasteiger partial charge on any atom is -0.302 e. The molecule has 0 aliphatic heterocycles. The first-order chi connectivity index (χ1) is 12.4. The maximum Gasteiger partial charge on any atom is 0.270 e. The molecular formula is C18H16N4O4. The number of nitrogens with zero attached hydrogens (tertiary/aromatic N) is 4. The molecule has 0 saturated carbocycles. The van der Waals surface area contributed by atoms with Gasteiger partial charge in [-0.05, 0) is 32.3 Å². The van der Waals surface area contributed by atoms with E-state index in [4.69, 9.17) is 0 Å². The molecule has 0 saturated heterocycles. The molecule has 0 aliphatic rings. The molecule has 132 valence electrons. The maximum absolute atomic E-state index is 12.9. The number of hydrogen-bond donors (Lipinski definition) is 0. The number of benzene rings is 1. The lowest BCUT2D eigenvalue weighted by atomic mass is 10.1. The molecule has 1 aromatic carbocycles. The van der Waals surface area contributed by atoms with E-state index in [1.54, 1.807) is 31.1 Å². The highest BCUT2D eigenvalue weighted by Crippen LogP contribution is 2.21. The average Bonchev–Trinajstić information content (AvgIpc) is 3.00. The Bertz CT molecular complexity index is 1020. The van der Waals surface area contributed by atoms with Crippen molar-refractivity contribution in [2.24, 2.45) is 0 Å². The number of likely N-dealkylation sites (N-methyl/N-ethyl adjacent to an activating group) is 1. The van der Waals surface area contributed by atoms with Crippen LogP contribution in [-0.4, -0.2) is 51.6 Å². The fourth-order valence-electron chi connectivity index (χ4n) is 2.71. The molecule has 0 bridgehead atoms. The van der Waals surface area contributed by atoms with Crippen LogP contribution >= 0.6 is 0 Å². The fraction of sp³-hybridized carbons (Fsp3) is 0.167. The number of carbonyl (C=O) groups excluding carboxylic acids is 2. The van der Waals surface area contributed by atoms with Crippen LogP contribution in [0.3, 0.4) is 0 Å². The van der Waals surface area contributed by atoms with Crippen LogP contribution in [0.2, 0.25) is 0 Å². The molecule has 0 amide bonds. The monoisotopic (exact) mass is 352 g/mol. The fourth-order valence-corrected chi connectivity index (χ4v) is 2.71. The molecule has 0 radical (unpaired) electrons. The van der Waals surface area contributed by atoms with Gasteiger partial charge >= 0.3 is 0 Å². The van der Waals surface area contributed by atoms with Crippen molar-refractivity contribution in [2.45, 2.75) is 0 Å². The Morgan fingerprint density at radius 2 is 1.96 bits per heavy atom. The van der Waals surface area contributed by atoms with Gasteiger partial charge in [-0.1, -0.05) is 12.1 Å². The summed E-state index contributed by atoms with van der Waals surface area (Å²) in [4.78, 5) is 37.5. The molecule has 2 aromatic heterocycles. The molecule has 26 heavy (non-hydrogen) atoms. The van der Waals surface area contributed by atoms with Crippen LogP contribution in [0.4, 0.5) is 5.69 Å². The minimum atomic E-state index is -0.558. The molecule has 8 heteroatoms. The van der Waals surface area contributed by atoms with Crippen molar-refractivity contribution in [3.05, 3.63) is 75.6 Å².